The van der Waals surface area contributed by atoms with Crippen molar-refractivity contribution in [2.24, 2.45) is 5.92 Å². The smallest absolute Gasteiger partial charge is 0.258 e. The molecule has 2 aromatic heterocycles. The average Bonchev–Trinajstić information content (AvgIpc) is 2.67. The highest BCUT2D eigenvalue weighted by atomic mass is 16.4. The molecule has 0 saturated carbocycles. The molecule has 0 saturated heterocycles. The molecule has 2 N–H and O–H groups in total. The molecule has 0 bridgehead atoms. The fourth-order valence-electron chi connectivity index (χ4n) is 2.11. The van der Waals surface area contributed by atoms with Crippen molar-refractivity contribution in [2.75, 3.05) is 0 Å². The summed E-state index contributed by atoms with van der Waals surface area (Å²) in [7, 11) is 0. The minimum absolute atomic E-state index is 0.242. The van der Waals surface area contributed by atoms with E-state index in [1.54, 1.807) is 19.2 Å². The van der Waals surface area contributed by atoms with Gasteiger partial charge >= 0.3 is 0 Å². The third-order valence-electron chi connectivity index (χ3n) is 2.89. The van der Waals surface area contributed by atoms with Crippen LogP contribution in [0, 0.1) is 19.8 Å². The average molecular weight is 278 g/mol. The molecule has 108 valence electrons. The third-order valence-corrected chi connectivity index (χ3v) is 2.89. The third kappa shape index (κ3) is 3.11. The Bertz CT molecular complexity index is 636. The lowest BCUT2D eigenvalue weighted by Crippen LogP contribution is -2.88. The van der Waals surface area contributed by atoms with Crippen LogP contribution in [0.4, 0.5) is 5.82 Å². The minimum atomic E-state index is -1.11. The number of nitrogens with two attached hydrogens (primary N) is 1. The Balaban J connectivity index is 2.38. The predicted octanol–water partition coefficient (Wildman–Crippen LogP) is -0.406. The van der Waals surface area contributed by atoms with Gasteiger partial charge in [0.15, 0.2) is 5.89 Å². The molecule has 7 nitrogen and oxygen atoms in total. The number of fused-ring (bicyclic) bond motifs is 1. The molecule has 2 rings (SSSR count). The zero-order valence-electron chi connectivity index (χ0n) is 12.0. The van der Waals surface area contributed by atoms with Gasteiger partial charge in [-0.05, 0) is 12.8 Å². The number of oxazole rings is 1. The standard InChI is InChI=1S/C13H18N4O3/c1-6(2)5-9(13(18)19)17-11-10-12(15-7(3)14-11)20-8(4)16-10/h6,9H,5H2,1-4H3,(H,18,19)(H,14,15,17)/t9-/m1/s1. The van der Waals surface area contributed by atoms with Crippen LogP contribution in [0.5, 0.6) is 0 Å². The molecule has 0 amide bonds. The van der Waals surface area contributed by atoms with Crippen LogP contribution < -0.4 is 10.4 Å². The fraction of sp³-hybridized carbons (Fsp3) is 0.538. The largest absolute Gasteiger partial charge is 0.544 e. The summed E-state index contributed by atoms with van der Waals surface area (Å²) < 4.78 is 5.37. The molecule has 0 fully saturated rings. The van der Waals surface area contributed by atoms with Gasteiger partial charge in [-0.25, -0.2) is 4.98 Å². The Morgan fingerprint density at radius 2 is 2.00 bits per heavy atom. The maximum Gasteiger partial charge on any atom is 0.258 e. The number of aryl methyl sites for hydroxylation is 2. The monoisotopic (exact) mass is 278 g/mol. The zero-order chi connectivity index (χ0) is 14.9. The van der Waals surface area contributed by atoms with Gasteiger partial charge in [-0.1, -0.05) is 13.8 Å². The molecule has 0 aliphatic heterocycles. The maximum absolute atomic E-state index is 11.2. The highest BCUT2D eigenvalue weighted by Crippen LogP contribution is 2.17. The van der Waals surface area contributed by atoms with Crippen molar-refractivity contribution in [2.45, 2.75) is 40.2 Å². The van der Waals surface area contributed by atoms with Crippen LogP contribution in [0.15, 0.2) is 4.42 Å². The number of quaternary nitrogens is 1. The van der Waals surface area contributed by atoms with Gasteiger partial charge in [0, 0.05) is 13.3 Å². The number of nitrogens with zero attached hydrogens (tertiary/aromatic N) is 3. The van der Waals surface area contributed by atoms with Gasteiger partial charge in [0.2, 0.25) is 5.52 Å². The van der Waals surface area contributed by atoms with E-state index in [0.29, 0.717) is 35.2 Å². The molecule has 0 radical (unpaired) electrons. The van der Waals surface area contributed by atoms with Crippen LogP contribution in [-0.4, -0.2) is 27.0 Å². The van der Waals surface area contributed by atoms with Gasteiger partial charge in [0.1, 0.15) is 11.9 Å². The van der Waals surface area contributed by atoms with Crippen LogP contribution in [0.1, 0.15) is 32.0 Å². The van der Waals surface area contributed by atoms with E-state index in [1.807, 2.05) is 13.8 Å². The van der Waals surface area contributed by atoms with Crippen molar-refractivity contribution in [3.63, 3.8) is 0 Å². The highest BCUT2D eigenvalue weighted by Gasteiger charge is 2.22. The van der Waals surface area contributed by atoms with Crippen molar-refractivity contribution in [3.8, 4) is 0 Å². The molecule has 0 aliphatic rings. The van der Waals surface area contributed by atoms with E-state index in [0.717, 1.165) is 0 Å². The predicted molar refractivity (Wildman–Crippen MR) is 68.9 cm³/mol. The molecular weight excluding hydrogens is 260 g/mol. The molecule has 1 atom stereocenters. The summed E-state index contributed by atoms with van der Waals surface area (Å²) in [4.78, 5) is 23.9. The SMILES string of the molecule is Cc1nc([NH2+][C@H](CC(C)C)C(=O)[O-])c2nc(C)oc2n1. The first-order valence-electron chi connectivity index (χ1n) is 6.54. The van der Waals surface area contributed by atoms with Gasteiger partial charge in [-0.2, -0.15) is 9.97 Å². The van der Waals surface area contributed by atoms with E-state index in [-0.39, 0.29) is 5.92 Å². The lowest BCUT2D eigenvalue weighted by atomic mass is 10.0. The summed E-state index contributed by atoms with van der Waals surface area (Å²) in [6, 6.07) is -0.704. The van der Waals surface area contributed by atoms with E-state index in [1.165, 1.54) is 0 Å². The molecule has 0 unspecified atom stereocenters. The van der Waals surface area contributed by atoms with Crippen LogP contribution in [-0.2, 0) is 4.79 Å². The van der Waals surface area contributed by atoms with E-state index in [9.17, 15) is 9.90 Å². The van der Waals surface area contributed by atoms with Gasteiger partial charge in [-0.15, -0.1) is 0 Å². The van der Waals surface area contributed by atoms with Crippen LogP contribution >= 0.6 is 0 Å². The molecule has 7 heteroatoms. The Labute approximate surface area is 116 Å². The molecule has 2 aromatic rings. The number of carboxylic acids is 1. The molecule has 20 heavy (non-hydrogen) atoms. The van der Waals surface area contributed by atoms with Crippen LogP contribution in [0.3, 0.4) is 0 Å². The fourth-order valence-corrected chi connectivity index (χ4v) is 2.11. The number of hydrogen-bond donors (Lipinski definition) is 1. The van der Waals surface area contributed by atoms with Crippen molar-refractivity contribution in [1.29, 1.82) is 0 Å². The number of carbonyl (C=O) groups excluding carboxylic acids is 1. The van der Waals surface area contributed by atoms with E-state index < -0.39 is 12.0 Å². The second-order valence-corrected chi connectivity index (χ2v) is 5.26. The Morgan fingerprint density at radius 1 is 1.30 bits per heavy atom. The molecule has 0 aromatic carbocycles. The van der Waals surface area contributed by atoms with E-state index >= 15 is 0 Å². The Kier molecular flexibility index (Phi) is 3.99. The Hall–Kier alpha value is -2.02. The molecular formula is C13H18N4O3. The van der Waals surface area contributed by atoms with Gasteiger partial charge in [0.05, 0.1) is 5.97 Å². The van der Waals surface area contributed by atoms with Crippen molar-refractivity contribution in [3.05, 3.63) is 11.7 Å². The van der Waals surface area contributed by atoms with Crippen molar-refractivity contribution < 1.29 is 19.6 Å². The number of rotatable bonds is 5. The molecule has 0 spiro atoms. The van der Waals surface area contributed by atoms with Crippen molar-refractivity contribution in [1.82, 2.24) is 15.0 Å². The molecule has 2 heterocycles. The summed E-state index contributed by atoms with van der Waals surface area (Å²) in [6.07, 6.45) is 0.490. The summed E-state index contributed by atoms with van der Waals surface area (Å²) in [6.45, 7) is 7.37. The first kappa shape index (κ1) is 14.4. The Morgan fingerprint density at radius 3 is 2.60 bits per heavy atom. The van der Waals surface area contributed by atoms with Crippen LogP contribution in [0.2, 0.25) is 0 Å². The van der Waals surface area contributed by atoms with Gasteiger partial charge in [0.25, 0.3) is 11.5 Å². The first-order valence-corrected chi connectivity index (χ1v) is 6.54. The second-order valence-electron chi connectivity index (χ2n) is 5.26. The van der Waals surface area contributed by atoms with E-state index in [2.05, 4.69) is 15.0 Å². The number of hydrogen-bond acceptors (Lipinski definition) is 6. The van der Waals surface area contributed by atoms with E-state index in [4.69, 9.17) is 4.42 Å². The minimum Gasteiger partial charge on any atom is -0.544 e. The summed E-state index contributed by atoms with van der Waals surface area (Å²) in [5.41, 5.74) is 0.867. The summed E-state index contributed by atoms with van der Waals surface area (Å²) >= 11 is 0. The van der Waals surface area contributed by atoms with Gasteiger partial charge in [-0.3, -0.25) is 5.32 Å². The topological polar surface area (TPSA) is 109 Å². The zero-order valence-corrected chi connectivity index (χ0v) is 12.0. The quantitative estimate of drug-likeness (QED) is 0.796. The number of aliphatic carboxylic acids is 1. The lowest BCUT2D eigenvalue weighted by Gasteiger charge is -2.17. The van der Waals surface area contributed by atoms with Crippen molar-refractivity contribution >= 4 is 23.0 Å². The summed E-state index contributed by atoms with van der Waals surface area (Å²) in [5, 5.41) is 12.8. The summed E-state index contributed by atoms with van der Waals surface area (Å²) in [5.74, 6) is 0.610. The normalized spacial score (nSPS) is 13.1. The second kappa shape index (κ2) is 5.54. The van der Waals surface area contributed by atoms with Crippen LogP contribution in [0.25, 0.3) is 11.2 Å². The lowest BCUT2D eigenvalue weighted by molar-refractivity contribution is -0.610. The number of carboxylic acid groups (broad SMARTS) is 1. The first-order chi connectivity index (χ1) is 9.36. The molecule has 0 aliphatic carbocycles. The number of carbonyl (C=O) groups is 1. The van der Waals surface area contributed by atoms with Gasteiger partial charge < -0.3 is 14.3 Å². The number of aromatic nitrogens is 3. The highest BCUT2D eigenvalue weighted by molar-refractivity contribution is 5.77. The maximum atomic E-state index is 11.2.